The Morgan fingerprint density at radius 2 is 2.18 bits per heavy atom. The van der Waals surface area contributed by atoms with Gasteiger partial charge in [-0.3, -0.25) is 0 Å². The molecule has 0 radical (unpaired) electrons. The van der Waals surface area contributed by atoms with Crippen molar-refractivity contribution in [3.63, 3.8) is 0 Å². The highest BCUT2D eigenvalue weighted by Crippen LogP contribution is 2.10. The zero-order valence-electron chi connectivity index (χ0n) is 10.7. The highest BCUT2D eigenvalue weighted by atomic mass is 16.5. The highest BCUT2D eigenvalue weighted by molar-refractivity contribution is 4.93. The van der Waals surface area contributed by atoms with Crippen LogP contribution >= 0.6 is 0 Å². The standard InChI is InChI=1S/C13H25NO3/c1-2-16-8-9-17-11-13(15)10-14-12-6-4-3-5-7-12/h3-4,12-15H,2,5-11H2,1H3. The van der Waals surface area contributed by atoms with Gasteiger partial charge in [-0.15, -0.1) is 0 Å². The minimum Gasteiger partial charge on any atom is -0.389 e. The summed E-state index contributed by atoms with van der Waals surface area (Å²) < 4.78 is 10.4. The summed E-state index contributed by atoms with van der Waals surface area (Å²) in [6, 6.07) is 0.512. The van der Waals surface area contributed by atoms with Gasteiger partial charge in [-0.1, -0.05) is 12.2 Å². The van der Waals surface area contributed by atoms with E-state index in [9.17, 15) is 5.11 Å². The molecule has 0 aliphatic heterocycles. The zero-order valence-corrected chi connectivity index (χ0v) is 10.7. The van der Waals surface area contributed by atoms with Gasteiger partial charge < -0.3 is 19.9 Å². The van der Waals surface area contributed by atoms with E-state index >= 15 is 0 Å². The summed E-state index contributed by atoms with van der Waals surface area (Å²) in [7, 11) is 0. The Morgan fingerprint density at radius 1 is 1.35 bits per heavy atom. The molecule has 0 amide bonds. The van der Waals surface area contributed by atoms with E-state index in [-0.39, 0.29) is 0 Å². The second-order valence-electron chi connectivity index (χ2n) is 4.32. The maximum absolute atomic E-state index is 9.69. The van der Waals surface area contributed by atoms with E-state index in [0.717, 1.165) is 19.3 Å². The number of hydrogen-bond acceptors (Lipinski definition) is 4. The first kappa shape index (κ1) is 14.6. The van der Waals surface area contributed by atoms with E-state index in [1.165, 1.54) is 0 Å². The van der Waals surface area contributed by atoms with Crippen LogP contribution in [0.25, 0.3) is 0 Å². The molecule has 2 unspecified atom stereocenters. The Hall–Kier alpha value is -0.420. The average molecular weight is 243 g/mol. The molecule has 2 atom stereocenters. The largest absolute Gasteiger partial charge is 0.389 e. The van der Waals surface area contributed by atoms with Crippen molar-refractivity contribution in [1.29, 1.82) is 0 Å². The van der Waals surface area contributed by atoms with E-state index in [0.29, 0.717) is 39.0 Å². The summed E-state index contributed by atoms with van der Waals surface area (Å²) in [6.07, 6.45) is 7.35. The lowest BCUT2D eigenvalue weighted by Crippen LogP contribution is -2.38. The predicted molar refractivity (Wildman–Crippen MR) is 68.1 cm³/mol. The molecule has 0 heterocycles. The molecule has 0 bridgehead atoms. The van der Waals surface area contributed by atoms with Gasteiger partial charge in [-0.25, -0.2) is 0 Å². The molecule has 1 aliphatic carbocycles. The Morgan fingerprint density at radius 3 is 2.88 bits per heavy atom. The van der Waals surface area contributed by atoms with Gasteiger partial charge in [0.1, 0.15) is 0 Å². The van der Waals surface area contributed by atoms with Gasteiger partial charge in [0.15, 0.2) is 0 Å². The van der Waals surface area contributed by atoms with E-state index in [1.54, 1.807) is 0 Å². The van der Waals surface area contributed by atoms with Crippen molar-refractivity contribution in [3.05, 3.63) is 12.2 Å². The SMILES string of the molecule is CCOCCOCC(O)CNC1CC=CCC1. The van der Waals surface area contributed by atoms with Crippen molar-refractivity contribution >= 4 is 0 Å². The van der Waals surface area contributed by atoms with Crippen LogP contribution in [0.4, 0.5) is 0 Å². The Balaban J connectivity index is 1.93. The molecule has 1 aliphatic rings. The van der Waals surface area contributed by atoms with Crippen LogP contribution in [0.3, 0.4) is 0 Å². The summed E-state index contributed by atoms with van der Waals surface area (Å²) in [4.78, 5) is 0. The predicted octanol–water partition coefficient (Wildman–Crippen LogP) is 1.10. The van der Waals surface area contributed by atoms with Gasteiger partial charge >= 0.3 is 0 Å². The fourth-order valence-corrected chi connectivity index (χ4v) is 1.82. The first-order chi connectivity index (χ1) is 8.33. The number of hydrogen-bond donors (Lipinski definition) is 2. The number of allylic oxidation sites excluding steroid dienone is 1. The smallest absolute Gasteiger partial charge is 0.0897 e. The highest BCUT2D eigenvalue weighted by Gasteiger charge is 2.11. The van der Waals surface area contributed by atoms with Crippen LogP contribution in [0.2, 0.25) is 0 Å². The van der Waals surface area contributed by atoms with Crippen molar-refractivity contribution in [2.24, 2.45) is 0 Å². The van der Waals surface area contributed by atoms with Crippen molar-refractivity contribution in [2.75, 3.05) is 33.0 Å². The Kier molecular flexibility index (Phi) is 8.26. The van der Waals surface area contributed by atoms with Crippen molar-refractivity contribution in [1.82, 2.24) is 5.32 Å². The molecular weight excluding hydrogens is 218 g/mol. The molecule has 1 rings (SSSR count). The maximum Gasteiger partial charge on any atom is 0.0897 e. The lowest BCUT2D eigenvalue weighted by molar-refractivity contribution is 0.00566. The molecule has 0 saturated carbocycles. The van der Waals surface area contributed by atoms with Gasteiger partial charge in [0.25, 0.3) is 0 Å². The summed E-state index contributed by atoms with van der Waals surface area (Å²) in [6.45, 7) is 4.80. The van der Waals surface area contributed by atoms with Crippen LogP contribution in [0, 0.1) is 0 Å². The van der Waals surface area contributed by atoms with Crippen molar-refractivity contribution < 1.29 is 14.6 Å². The normalized spacial score (nSPS) is 21.6. The van der Waals surface area contributed by atoms with Gasteiger partial charge in [0.2, 0.25) is 0 Å². The topological polar surface area (TPSA) is 50.7 Å². The van der Waals surface area contributed by atoms with Gasteiger partial charge in [-0.2, -0.15) is 0 Å². The number of aliphatic hydroxyl groups is 1. The van der Waals surface area contributed by atoms with Crippen LogP contribution in [-0.4, -0.2) is 50.2 Å². The third kappa shape index (κ3) is 7.49. The Bertz CT molecular complexity index is 209. The third-order valence-corrected chi connectivity index (χ3v) is 2.80. The lowest BCUT2D eigenvalue weighted by atomic mass is 10.0. The van der Waals surface area contributed by atoms with Gasteiger partial charge in [-0.05, 0) is 26.2 Å². The summed E-state index contributed by atoms with van der Waals surface area (Å²) in [5, 5.41) is 13.1. The van der Waals surface area contributed by atoms with E-state index in [2.05, 4.69) is 17.5 Å². The zero-order chi connectivity index (χ0) is 12.3. The molecule has 0 aromatic carbocycles. The maximum atomic E-state index is 9.69. The van der Waals surface area contributed by atoms with Gasteiger partial charge in [0.05, 0.1) is 25.9 Å². The summed E-state index contributed by atoms with van der Waals surface area (Å²) >= 11 is 0. The molecule has 4 heteroatoms. The summed E-state index contributed by atoms with van der Waals surface area (Å²) in [5.74, 6) is 0. The quantitative estimate of drug-likeness (QED) is 0.470. The van der Waals surface area contributed by atoms with E-state index in [4.69, 9.17) is 9.47 Å². The van der Waals surface area contributed by atoms with Crippen LogP contribution in [-0.2, 0) is 9.47 Å². The molecule has 4 nitrogen and oxygen atoms in total. The molecule has 100 valence electrons. The van der Waals surface area contributed by atoms with Crippen LogP contribution < -0.4 is 5.32 Å². The minimum atomic E-state index is -0.428. The fraction of sp³-hybridized carbons (Fsp3) is 0.846. The third-order valence-electron chi connectivity index (χ3n) is 2.80. The van der Waals surface area contributed by atoms with E-state index in [1.807, 2.05) is 6.92 Å². The van der Waals surface area contributed by atoms with Crippen LogP contribution in [0.15, 0.2) is 12.2 Å². The second-order valence-corrected chi connectivity index (χ2v) is 4.32. The monoisotopic (exact) mass is 243 g/mol. The van der Waals surface area contributed by atoms with Crippen molar-refractivity contribution in [3.8, 4) is 0 Å². The molecule has 0 fully saturated rings. The lowest BCUT2D eigenvalue weighted by Gasteiger charge is -2.21. The molecular formula is C13H25NO3. The molecule has 17 heavy (non-hydrogen) atoms. The number of rotatable bonds is 9. The minimum absolute atomic E-state index is 0.378. The number of nitrogens with one attached hydrogen (secondary N) is 1. The van der Waals surface area contributed by atoms with Crippen molar-refractivity contribution in [2.45, 2.75) is 38.3 Å². The van der Waals surface area contributed by atoms with Crippen LogP contribution in [0.5, 0.6) is 0 Å². The van der Waals surface area contributed by atoms with E-state index < -0.39 is 6.10 Å². The average Bonchev–Trinajstić information content (AvgIpc) is 2.37. The Labute approximate surface area is 104 Å². The fourth-order valence-electron chi connectivity index (χ4n) is 1.82. The molecule has 0 aromatic heterocycles. The first-order valence-electron chi connectivity index (χ1n) is 6.55. The molecule has 0 saturated heterocycles. The summed E-state index contributed by atoms with van der Waals surface area (Å²) in [5.41, 5.74) is 0. The first-order valence-corrected chi connectivity index (χ1v) is 6.55. The van der Waals surface area contributed by atoms with Gasteiger partial charge in [0, 0.05) is 19.2 Å². The molecule has 2 N–H and O–H groups in total. The second kappa shape index (κ2) is 9.59. The van der Waals surface area contributed by atoms with Crippen LogP contribution in [0.1, 0.15) is 26.2 Å². The number of aliphatic hydroxyl groups excluding tert-OH is 1. The molecule has 0 aromatic rings. The molecule has 0 spiro atoms. The number of ether oxygens (including phenoxy) is 2.